The van der Waals surface area contributed by atoms with Gasteiger partial charge in [-0.05, 0) is 28.1 Å². The van der Waals surface area contributed by atoms with Gasteiger partial charge in [-0.1, -0.05) is 6.07 Å². The predicted molar refractivity (Wildman–Crippen MR) is 77.7 cm³/mol. The Kier molecular flexibility index (Phi) is 2.83. The second-order valence-corrected chi connectivity index (χ2v) is 5.13. The van der Waals surface area contributed by atoms with E-state index in [1.807, 2.05) is 25.2 Å². The first-order valence-corrected chi connectivity index (χ1v) is 6.80. The van der Waals surface area contributed by atoms with Crippen molar-refractivity contribution in [1.82, 2.24) is 29.8 Å². The third-order valence-electron chi connectivity index (χ3n) is 3.73. The molecule has 0 saturated heterocycles. The van der Waals surface area contributed by atoms with Crippen LogP contribution in [0.4, 0.5) is 0 Å². The predicted octanol–water partition coefficient (Wildman–Crippen LogP) is 0.410. The van der Waals surface area contributed by atoms with Crippen molar-refractivity contribution in [3.05, 3.63) is 53.4 Å². The minimum atomic E-state index is -0.747. The highest BCUT2D eigenvalue weighted by Crippen LogP contribution is 2.25. The van der Waals surface area contributed by atoms with Gasteiger partial charge in [0.15, 0.2) is 5.82 Å². The monoisotopic (exact) mass is 295 g/mol. The van der Waals surface area contributed by atoms with Gasteiger partial charge in [0.25, 0.3) is 0 Å². The van der Waals surface area contributed by atoms with Crippen molar-refractivity contribution in [3.63, 3.8) is 0 Å². The fourth-order valence-electron chi connectivity index (χ4n) is 2.56. The minimum absolute atomic E-state index is 0.432. The highest BCUT2D eigenvalue weighted by molar-refractivity contribution is 5.85. The number of aryl methyl sites for hydroxylation is 1. The molecule has 1 atom stereocenters. The van der Waals surface area contributed by atoms with E-state index in [1.54, 1.807) is 28.0 Å². The number of imidazole rings is 1. The van der Waals surface area contributed by atoms with Crippen molar-refractivity contribution in [2.24, 2.45) is 12.0 Å². The summed E-state index contributed by atoms with van der Waals surface area (Å²) in [4.78, 5) is 8.36. The zero-order valence-electron chi connectivity index (χ0n) is 11.8. The molecule has 0 saturated carbocycles. The second-order valence-electron chi connectivity index (χ2n) is 5.13. The Labute approximate surface area is 125 Å². The third-order valence-corrected chi connectivity index (χ3v) is 3.73. The summed E-state index contributed by atoms with van der Waals surface area (Å²) in [6, 6.07) is 5.65. The Balaban J connectivity index is 1.80. The number of rotatable bonds is 2. The topological polar surface area (TPSA) is 94.0 Å². The van der Waals surface area contributed by atoms with E-state index < -0.39 is 6.10 Å². The maximum Gasteiger partial charge on any atom is 0.178 e. The van der Waals surface area contributed by atoms with Crippen LogP contribution < -0.4 is 0 Å². The van der Waals surface area contributed by atoms with Crippen molar-refractivity contribution in [2.75, 3.05) is 0 Å². The summed E-state index contributed by atoms with van der Waals surface area (Å²) in [5.41, 5.74) is 3.21. The van der Waals surface area contributed by atoms with Crippen LogP contribution in [0, 0.1) is 0 Å². The Morgan fingerprint density at radius 2 is 2.23 bits per heavy atom. The maximum atomic E-state index is 10.5. The molecule has 0 aliphatic carbocycles. The van der Waals surface area contributed by atoms with Crippen LogP contribution >= 0.6 is 0 Å². The second kappa shape index (κ2) is 4.85. The van der Waals surface area contributed by atoms with Crippen molar-refractivity contribution in [3.8, 4) is 5.69 Å². The van der Waals surface area contributed by atoms with Crippen LogP contribution in [0.2, 0.25) is 0 Å². The first-order chi connectivity index (χ1) is 10.7. The summed E-state index contributed by atoms with van der Waals surface area (Å²) < 4.78 is 3.46. The summed E-state index contributed by atoms with van der Waals surface area (Å²) in [7, 11) is 1.85. The van der Waals surface area contributed by atoms with E-state index in [0.717, 1.165) is 22.5 Å². The number of aliphatic imine (C=N–C) groups is 1. The van der Waals surface area contributed by atoms with Crippen molar-refractivity contribution < 1.29 is 5.11 Å². The molecule has 1 N–H and O–H groups in total. The van der Waals surface area contributed by atoms with Crippen molar-refractivity contribution in [1.29, 1.82) is 0 Å². The number of tetrazole rings is 1. The van der Waals surface area contributed by atoms with Gasteiger partial charge >= 0.3 is 0 Å². The number of hydrogen-bond donors (Lipinski definition) is 1. The number of aliphatic hydroxyl groups is 1. The van der Waals surface area contributed by atoms with Gasteiger partial charge in [0.2, 0.25) is 0 Å². The average Bonchev–Trinajstić information content (AvgIpc) is 3.12. The number of hydrogen-bond acceptors (Lipinski definition) is 6. The lowest BCUT2D eigenvalue weighted by Crippen LogP contribution is -2.08. The normalized spacial score (nSPS) is 14.3. The van der Waals surface area contributed by atoms with E-state index in [2.05, 4.69) is 25.5 Å². The molecule has 1 aromatic carbocycles. The SMILES string of the molecule is Cn1cncc1C(O)c1ccc2c(c1)C=NCc1nnnn1-2. The van der Waals surface area contributed by atoms with Gasteiger partial charge in [-0.2, -0.15) is 4.68 Å². The lowest BCUT2D eigenvalue weighted by Gasteiger charge is -2.14. The van der Waals surface area contributed by atoms with Crippen LogP contribution in [0.25, 0.3) is 5.69 Å². The molecule has 0 radical (unpaired) electrons. The number of nitrogens with zero attached hydrogens (tertiary/aromatic N) is 7. The zero-order valence-corrected chi connectivity index (χ0v) is 11.8. The molecule has 3 aromatic rings. The molecule has 22 heavy (non-hydrogen) atoms. The van der Waals surface area contributed by atoms with Crippen molar-refractivity contribution in [2.45, 2.75) is 12.6 Å². The highest BCUT2D eigenvalue weighted by atomic mass is 16.3. The lowest BCUT2D eigenvalue weighted by molar-refractivity contribution is 0.211. The van der Waals surface area contributed by atoms with E-state index in [1.165, 1.54) is 0 Å². The van der Waals surface area contributed by atoms with Gasteiger partial charge in [-0.3, -0.25) is 4.99 Å². The number of aliphatic hydroxyl groups excluding tert-OH is 1. The fourth-order valence-corrected chi connectivity index (χ4v) is 2.56. The molecule has 1 aliphatic rings. The standard InChI is InChI=1S/C14H13N7O/c1-20-8-16-6-12(20)14(22)9-2-3-11-10(4-9)5-15-7-13-17-18-19-21(11)13/h2-6,8,14,22H,7H2,1H3. The molecule has 0 fully saturated rings. The lowest BCUT2D eigenvalue weighted by atomic mass is 10.0. The molecule has 8 heteroatoms. The van der Waals surface area contributed by atoms with Crippen LogP contribution in [0.1, 0.15) is 28.7 Å². The summed E-state index contributed by atoms with van der Waals surface area (Å²) in [6.45, 7) is 0.432. The molecule has 3 heterocycles. The van der Waals surface area contributed by atoms with Crippen LogP contribution in [-0.2, 0) is 13.6 Å². The average molecular weight is 295 g/mol. The first kappa shape index (κ1) is 12.8. The molecule has 0 amide bonds. The third kappa shape index (κ3) is 1.92. The zero-order chi connectivity index (χ0) is 15.1. The summed E-state index contributed by atoms with van der Waals surface area (Å²) in [5, 5.41) is 22.2. The van der Waals surface area contributed by atoms with E-state index in [0.29, 0.717) is 12.4 Å². The molecular weight excluding hydrogens is 282 g/mol. The van der Waals surface area contributed by atoms with Gasteiger partial charge in [-0.25, -0.2) is 4.98 Å². The van der Waals surface area contributed by atoms with Gasteiger partial charge in [0.05, 0.1) is 23.9 Å². The largest absolute Gasteiger partial charge is 0.382 e. The molecule has 0 bridgehead atoms. The Hall–Kier alpha value is -2.87. The quantitative estimate of drug-likeness (QED) is 0.739. The summed E-state index contributed by atoms with van der Waals surface area (Å²) >= 11 is 0. The molecule has 8 nitrogen and oxygen atoms in total. The van der Waals surface area contributed by atoms with E-state index >= 15 is 0 Å². The highest BCUT2D eigenvalue weighted by Gasteiger charge is 2.18. The first-order valence-electron chi connectivity index (χ1n) is 6.80. The summed E-state index contributed by atoms with van der Waals surface area (Å²) in [6.07, 6.45) is 4.34. The Morgan fingerprint density at radius 1 is 1.32 bits per heavy atom. The van der Waals surface area contributed by atoms with E-state index in [-0.39, 0.29) is 0 Å². The Morgan fingerprint density at radius 3 is 3.05 bits per heavy atom. The van der Waals surface area contributed by atoms with Crippen molar-refractivity contribution >= 4 is 6.21 Å². The van der Waals surface area contributed by atoms with Crippen LogP contribution in [0.15, 0.2) is 35.7 Å². The number of aromatic nitrogens is 6. The maximum absolute atomic E-state index is 10.5. The van der Waals surface area contributed by atoms with Gasteiger partial charge in [0, 0.05) is 18.8 Å². The molecular formula is C14H13N7O. The molecule has 110 valence electrons. The molecule has 1 aliphatic heterocycles. The van der Waals surface area contributed by atoms with E-state index in [9.17, 15) is 5.11 Å². The molecule has 2 aromatic heterocycles. The van der Waals surface area contributed by atoms with Crippen LogP contribution in [0.3, 0.4) is 0 Å². The van der Waals surface area contributed by atoms with Gasteiger partial charge < -0.3 is 9.67 Å². The van der Waals surface area contributed by atoms with Gasteiger partial charge in [-0.15, -0.1) is 5.10 Å². The minimum Gasteiger partial charge on any atom is -0.382 e. The van der Waals surface area contributed by atoms with E-state index in [4.69, 9.17) is 0 Å². The van der Waals surface area contributed by atoms with Gasteiger partial charge in [0.1, 0.15) is 12.6 Å². The number of fused-ring (bicyclic) bond motifs is 3. The fraction of sp³-hybridized carbons (Fsp3) is 0.214. The van der Waals surface area contributed by atoms with Crippen LogP contribution in [-0.4, -0.2) is 41.1 Å². The molecule has 4 rings (SSSR count). The molecule has 1 unspecified atom stereocenters. The smallest absolute Gasteiger partial charge is 0.178 e. The van der Waals surface area contributed by atoms with Crippen LogP contribution in [0.5, 0.6) is 0 Å². The molecule has 0 spiro atoms. The number of benzene rings is 1. The Bertz CT molecular complexity index is 864. The summed E-state index contributed by atoms with van der Waals surface area (Å²) in [5.74, 6) is 0.690.